The number of benzene rings is 1. The van der Waals surface area contributed by atoms with Crippen LogP contribution in [0.3, 0.4) is 0 Å². The van der Waals surface area contributed by atoms with Gasteiger partial charge in [0.2, 0.25) is 11.8 Å². The van der Waals surface area contributed by atoms with Crippen molar-refractivity contribution in [2.24, 2.45) is 5.92 Å². The Labute approximate surface area is 215 Å². The number of esters is 1. The quantitative estimate of drug-likeness (QED) is 0.442. The number of hydrogen-bond acceptors (Lipinski definition) is 6. The summed E-state index contributed by atoms with van der Waals surface area (Å²) in [5.41, 5.74) is 1.64. The number of hydrogen-bond donors (Lipinski definition) is 2. The summed E-state index contributed by atoms with van der Waals surface area (Å²) in [7, 11) is 1.24. The fourth-order valence-corrected chi connectivity index (χ4v) is 3.89. The van der Waals surface area contributed by atoms with Crippen molar-refractivity contribution in [3.05, 3.63) is 34.9 Å². The second kappa shape index (κ2) is 13.8. The second-order valence-corrected chi connectivity index (χ2v) is 10.5. The van der Waals surface area contributed by atoms with Crippen LogP contribution in [0, 0.1) is 19.8 Å². The van der Waals surface area contributed by atoms with Crippen LogP contribution in [-0.4, -0.2) is 60.6 Å². The minimum absolute atomic E-state index is 0.324. The van der Waals surface area contributed by atoms with Crippen LogP contribution >= 0.6 is 0 Å². The number of amides is 3. The van der Waals surface area contributed by atoms with E-state index < -0.39 is 35.5 Å². The molecule has 0 bridgehead atoms. The van der Waals surface area contributed by atoms with Crippen molar-refractivity contribution in [1.82, 2.24) is 15.5 Å². The maximum Gasteiger partial charge on any atom is 0.408 e. The Morgan fingerprint density at radius 3 is 2.03 bits per heavy atom. The van der Waals surface area contributed by atoms with Crippen molar-refractivity contribution < 1.29 is 28.7 Å². The number of carbonyl (C=O) groups excluding carboxylic acids is 4. The van der Waals surface area contributed by atoms with E-state index in [9.17, 15) is 19.2 Å². The highest BCUT2D eigenvalue weighted by Gasteiger charge is 2.36. The van der Waals surface area contributed by atoms with E-state index in [1.807, 2.05) is 39.0 Å². The molecule has 1 aromatic rings. The molecule has 1 aromatic carbocycles. The van der Waals surface area contributed by atoms with E-state index in [2.05, 4.69) is 29.2 Å². The molecule has 2 N–H and O–H groups in total. The van der Waals surface area contributed by atoms with Crippen molar-refractivity contribution in [2.45, 2.75) is 85.9 Å². The zero-order valence-corrected chi connectivity index (χ0v) is 23.2. The summed E-state index contributed by atoms with van der Waals surface area (Å²) in [6, 6.07) is 4.31. The van der Waals surface area contributed by atoms with Gasteiger partial charge in [-0.1, -0.05) is 32.0 Å². The molecule has 2 atom stereocenters. The molecule has 0 fully saturated rings. The summed E-state index contributed by atoms with van der Waals surface area (Å²) in [6.45, 7) is 14.4. The first kappa shape index (κ1) is 30.9. The van der Waals surface area contributed by atoms with Gasteiger partial charge in [-0.3, -0.25) is 14.4 Å². The van der Waals surface area contributed by atoms with Gasteiger partial charge >= 0.3 is 12.1 Å². The maximum atomic E-state index is 13.6. The molecule has 0 aliphatic carbocycles. The molecule has 3 amide bonds. The normalized spacial score (nSPS) is 12.9. The van der Waals surface area contributed by atoms with Crippen LogP contribution < -0.4 is 10.6 Å². The Balaban J connectivity index is 3.44. The van der Waals surface area contributed by atoms with Crippen LogP contribution in [0.2, 0.25) is 0 Å². The second-order valence-electron chi connectivity index (χ2n) is 10.5. The number of nitrogens with one attached hydrogen (secondary N) is 2. The number of methoxy groups -OCH3 is 1. The summed E-state index contributed by atoms with van der Waals surface area (Å²) in [4.78, 5) is 52.7. The minimum atomic E-state index is -1.01. The van der Waals surface area contributed by atoms with Crippen molar-refractivity contribution in [3.63, 3.8) is 0 Å². The van der Waals surface area contributed by atoms with E-state index in [0.29, 0.717) is 17.9 Å². The van der Waals surface area contributed by atoms with Crippen LogP contribution in [0.4, 0.5) is 4.79 Å². The monoisotopic (exact) mass is 505 g/mol. The van der Waals surface area contributed by atoms with E-state index in [1.165, 1.54) is 12.0 Å². The van der Waals surface area contributed by atoms with Crippen molar-refractivity contribution in [3.8, 4) is 0 Å². The van der Waals surface area contributed by atoms with Crippen LogP contribution in [0.25, 0.3) is 0 Å². The van der Waals surface area contributed by atoms with Gasteiger partial charge in [0.1, 0.15) is 24.7 Å². The lowest BCUT2D eigenvalue weighted by molar-refractivity contribution is -0.145. The molecule has 0 aliphatic rings. The maximum absolute atomic E-state index is 13.6. The van der Waals surface area contributed by atoms with Crippen molar-refractivity contribution in [2.75, 3.05) is 20.2 Å². The van der Waals surface area contributed by atoms with Crippen molar-refractivity contribution in [1.29, 1.82) is 0 Å². The first-order chi connectivity index (χ1) is 16.7. The highest BCUT2D eigenvalue weighted by atomic mass is 16.6. The number of rotatable bonds is 11. The predicted molar refractivity (Wildman–Crippen MR) is 138 cm³/mol. The van der Waals surface area contributed by atoms with Crippen LogP contribution in [0.15, 0.2) is 18.2 Å². The topological polar surface area (TPSA) is 114 Å². The van der Waals surface area contributed by atoms with Crippen LogP contribution in [0.1, 0.15) is 77.1 Å². The fraction of sp³-hybridized carbons (Fsp3) is 0.630. The van der Waals surface area contributed by atoms with E-state index in [-0.39, 0.29) is 19.1 Å². The third kappa shape index (κ3) is 9.87. The van der Waals surface area contributed by atoms with E-state index in [1.54, 1.807) is 20.8 Å². The average Bonchev–Trinajstić information content (AvgIpc) is 2.77. The third-order valence-electron chi connectivity index (χ3n) is 5.68. The zero-order valence-electron chi connectivity index (χ0n) is 23.2. The van der Waals surface area contributed by atoms with Crippen molar-refractivity contribution >= 4 is 23.9 Å². The summed E-state index contributed by atoms with van der Waals surface area (Å²) < 4.78 is 9.93. The first-order valence-electron chi connectivity index (χ1n) is 12.4. The highest BCUT2D eigenvalue weighted by molar-refractivity contribution is 5.92. The molecule has 0 radical (unpaired) electrons. The fourth-order valence-electron chi connectivity index (χ4n) is 3.89. The minimum Gasteiger partial charge on any atom is -0.468 e. The van der Waals surface area contributed by atoms with Gasteiger partial charge in [0, 0.05) is 6.04 Å². The largest absolute Gasteiger partial charge is 0.468 e. The molecule has 2 unspecified atom stereocenters. The molecule has 0 spiro atoms. The van der Waals surface area contributed by atoms with Gasteiger partial charge < -0.3 is 25.0 Å². The van der Waals surface area contributed by atoms with Gasteiger partial charge in [-0.05, 0) is 77.0 Å². The molecule has 9 nitrogen and oxygen atoms in total. The molecule has 0 saturated carbocycles. The molecule has 0 heterocycles. The lowest BCUT2D eigenvalue weighted by Crippen LogP contribution is -2.52. The molecule has 9 heteroatoms. The Hall–Kier alpha value is -3.10. The molecule has 0 aromatic heterocycles. The Kier molecular flexibility index (Phi) is 11.9. The molecule has 1 rings (SSSR count). The van der Waals surface area contributed by atoms with Crippen LogP contribution in [-0.2, 0) is 23.9 Å². The molecular weight excluding hydrogens is 462 g/mol. The lowest BCUT2D eigenvalue weighted by Gasteiger charge is -2.37. The summed E-state index contributed by atoms with van der Waals surface area (Å²) in [5, 5.41) is 5.13. The van der Waals surface area contributed by atoms with Gasteiger partial charge in [-0.25, -0.2) is 4.79 Å². The Morgan fingerprint density at radius 2 is 1.53 bits per heavy atom. The number of aryl methyl sites for hydroxylation is 2. The van der Waals surface area contributed by atoms with Gasteiger partial charge in [0.05, 0.1) is 7.11 Å². The number of nitrogens with zero attached hydrogens (tertiary/aromatic N) is 1. The summed E-state index contributed by atoms with van der Waals surface area (Å²) in [6.07, 6.45) is 0.777. The van der Waals surface area contributed by atoms with E-state index in [4.69, 9.17) is 4.74 Å². The molecule has 0 saturated heterocycles. The third-order valence-corrected chi connectivity index (χ3v) is 5.68. The predicted octanol–water partition coefficient (Wildman–Crippen LogP) is 3.81. The molecule has 36 heavy (non-hydrogen) atoms. The van der Waals surface area contributed by atoms with E-state index >= 15 is 0 Å². The SMILES string of the molecule is COC(=O)CNC(=O)C(c1c(C)cccc1C)N(C(=O)CNC(=O)OC(C)(C)C)C(C)CCC(C)C. The zero-order chi connectivity index (χ0) is 27.6. The average molecular weight is 506 g/mol. The number of alkyl carbamates (subject to hydrolysis) is 1. The molecular formula is C27H43N3O6. The van der Waals surface area contributed by atoms with Gasteiger partial charge in [0.25, 0.3) is 0 Å². The highest BCUT2D eigenvalue weighted by Crippen LogP contribution is 2.31. The van der Waals surface area contributed by atoms with Gasteiger partial charge in [-0.15, -0.1) is 0 Å². The molecule has 0 aliphatic heterocycles. The smallest absolute Gasteiger partial charge is 0.408 e. The standard InChI is InChI=1S/C27H43N3O6/c1-17(2)13-14-20(5)30(21(31)15-29-26(34)36-27(6,7)8)24(25(33)28-16-22(32)35-9)23-18(3)11-10-12-19(23)4/h10-12,17,20,24H,13-16H2,1-9H3,(H,28,33)(H,29,34). The summed E-state index contributed by atoms with van der Waals surface area (Å²) in [5.74, 6) is -1.13. The van der Waals surface area contributed by atoms with E-state index in [0.717, 1.165) is 17.5 Å². The Bertz CT molecular complexity index is 902. The lowest BCUT2D eigenvalue weighted by atomic mass is 9.92. The van der Waals surface area contributed by atoms with Gasteiger partial charge in [-0.2, -0.15) is 0 Å². The van der Waals surface area contributed by atoms with Crippen LogP contribution in [0.5, 0.6) is 0 Å². The summed E-state index contributed by atoms with van der Waals surface area (Å²) >= 11 is 0. The Morgan fingerprint density at radius 1 is 0.944 bits per heavy atom. The molecule has 202 valence electrons. The number of carbonyl (C=O) groups is 4. The first-order valence-corrected chi connectivity index (χ1v) is 12.4. The number of ether oxygens (including phenoxy) is 2. The van der Waals surface area contributed by atoms with Gasteiger partial charge in [0.15, 0.2) is 0 Å².